The van der Waals surface area contributed by atoms with E-state index in [1.807, 2.05) is 37.1 Å². The van der Waals surface area contributed by atoms with Gasteiger partial charge in [0, 0.05) is 38.4 Å². The Balaban J connectivity index is 1.63. The largest absolute Gasteiger partial charge is 0.474 e. The quantitative estimate of drug-likeness (QED) is 0.714. The second-order valence-electron chi connectivity index (χ2n) is 6.60. The highest BCUT2D eigenvalue weighted by molar-refractivity contribution is 7.98. The van der Waals surface area contributed by atoms with Gasteiger partial charge in [-0.1, -0.05) is 6.07 Å². The van der Waals surface area contributed by atoms with E-state index >= 15 is 0 Å². The molecule has 3 rings (SSSR count). The Bertz CT molecular complexity index is 487. The standard InChI is InChI=1S/C18H28N2O2S/c1-21-18-8-7-15(22-17-6-3-4-10-19-17)14-16(18)20(12-9-18)11-5-13-23-2/h3-4,6,10,15-16H,5,7-9,11-14H2,1-2H3/t15-,16+,18-/m1/s1. The van der Waals surface area contributed by atoms with Gasteiger partial charge < -0.3 is 9.47 Å². The summed E-state index contributed by atoms with van der Waals surface area (Å²) in [5.41, 5.74) is 0.0450. The molecule has 5 heteroatoms. The molecule has 1 aliphatic heterocycles. The monoisotopic (exact) mass is 336 g/mol. The lowest BCUT2D eigenvalue weighted by Gasteiger charge is -2.43. The predicted octanol–water partition coefficient (Wildman–Crippen LogP) is 3.23. The highest BCUT2D eigenvalue weighted by Gasteiger charge is 2.51. The summed E-state index contributed by atoms with van der Waals surface area (Å²) in [6, 6.07) is 6.34. The first-order chi connectivity index (χ1) is 11.3. The van der Waals surface area contributed by atoms with E-state index in [1.54, 1.807) is 6.20 Å². The van der Waals surface area contributed by atoms with Crippen molar-refractivity contribution in [1.29, 1.82) is 0 Å². The van der Waals surface area contributed by atoms with Gasteiger partial charge in [-0.25, -0.2) is 4.98 Å². The van der Waals surface area contributed by atoms with Gasteiger partial charge in [-0.15, -0.1) is 0 Å². The number of hydrogen-bond donors (Lipinski definition) is 0. The van der Waals surface area contributed by atoms with Crippen LogP contribution in [0.25, 0.3) is 0 Å². The molecule has 0 aromatic carbocycles. The minimum atomic E-state index is 0.0450. The summed E-state index contributed by atoms with van der Waals surface area (Å²) in [4.78, 5) is 6.94. The van der Waals surface area contributed by atoms with Crippen molar-refractivity contribution in [2.24, 2.45) is 0 Å². The van der Waals surface area contributed by atoms with E-state index < -0.39 is 0 Å². The van der Waals surface area contributed by atoms with Gasteiger partial charge in [-0.2, -0.15) is 11.8 Å². The van der Waals surface area contributed by atoms with Crippen molar-refractivity contribution in [2.75, 3.05) is 32.2 Å². The minimum Gasteiger partial charge on any atom is -0.474 e. The van der Waals surface area contributed by atoms with E-state index in [0.717, 1.165) is 38.1 Å². The molecule has 1 aliphatic carbocycles. The zero-order valence-electron chi connectivity index (χ0n) is 14.2. The number of ether oxygens (including phenoxy) is 2. The van der Waals surface area contributed by atoms with Crippen LogP contribution in [0.5, 0.6) is 5.88 Å². The lowest BCUT2D eigenvalue weighted by Crippen LogP contribution is -2.52. The Morgan fingerprint density at radius 3 is 3.04 bits per heavy atom. The van der Waals surface area contributed by atoms with Gasteiger partial charge in [-0.05, 0) is 50.3 Å². The number of methoxy groups -OCH3 is 1. The third kappa shape index (κ3) is 3.83. The fourth-order valence-electron chi connectivity index (χ4n) is 4.13. The molecule has 0 radical (unpaired) electrons. The van der Waals surface area contributed by atoms with Crippen molar-refractivity contribution in [3.8, 4) is 5.88 Å². The van der Waals surface area contributed by atoms with E-state index in [1.165, 1.54) is 18.7 Å². The number of nitrogens with zero attached hydrogens (tertiary/aromatic N) is 2. The lowest BCUT2D eigenvalue weighted by atomic mass is 9.79. The summed E-state index contributed by atoms with van der Waals surface area (Å²) in [6.07, 6.45) is 9.82. The molecule has 4 nitrogen and oxygen atoms in total. The van der Waals surface area contributed by atoms with Crippen molar-refractivity contribution in [3.63, 3.8) is 0 Å². The van der Waals surface area contributed by atoms with E-state index in [-0.39, 0.29) is 11.7 Å². The second kappa shape index (κ2) is 7.86. The number of thioether (sulfide) groups is 1. The van der Waals surface area contributed by atoms with Crippen molar-refractivity contribution < 1.29 is 9.47 Å². The lowest BCUT2D eigenvalue weighted by molar-refractivity contribution is -0.0831. The van der Waals surface area contributed by atoms with Crippen LogP contribution in [-0.4, -0.2) is 59.8 Å². The molecule has 128 valence electrons. The Labute approximate surface area is 143 Å². The number of pyridine rings is 1. The van der Waals surface area contributed by atoms with E-state index in [0.29, 0.717) is 6.04 Å². The Kier molecular flexibility index (Phi) is 5.83. The molecule has 2 aliphatic rings. The van der Waals surface area contributed by atoms with Gasteiger partial charge in [0.2, 0.25) is 5.88 Å². The molecule has 1 aromatic heterocycles. The zero-order valence-corrected chi connectivity index (χ0v) is 15.1. The Morgan fingerprint density at radius 2 is 2.30 bits per heavy atom. The molecule has 23 heavy (non-hydrogen) atoms. The van der Waals surface area contributed by atoms with Gasteiger partial charge >= 0.3 is 0 Å². The maximum Gasteiger partial charge on any atom is 0.213 e. The topological polar surface area (TPSA) is 34.6 Å². The van der Waals surface area contributed by atoms with Crippen LogP contribution in [0.15, 0.2) is 24.4 Å². The highest BCUT2D eigenvalue weighted by atomic mass is 32.2. The van der Waals surface area contributed by atoms with Crippen molar-refractivity contribution in [3.05, 3.63) is 24.4 Å². The maximum atomic E-state index is 6.13. The molecule has 0 N–H and O–H groups in total. The van der Waals surface area contributed by atoms with Crippen molar-refractivity contribution >= 4 is 11.8 Å². The first kappa shape index (κ1) is 17.1. The molecule has 0 bridgehead atoms. The van der Waals surface area contributed by atoms with E-state index in [4.69, 9.17) is 9.47 Å². The van der Waals surface area contributed by atoms with Crippen molar-refractivity contribution in [1.82, 2.24) is 9.88 Å². The van der Waals surface area contributed by atoms with Crippen LogP contribution in [0.4, 0.5) is 0 Å². The number of fused-ring (bicyclic) bond motifs is 1. The molecule has 0 amide bonds. The van der Waals surface area contributed by atoms with Gasteiger partial charge in [0.1, 0.15) is 6.10 Å². The second-order valence-corrected chi connectivity index (χ2v) is 7.58. The average Bonchev–Trinajstić information content (AvgIpc) is 2.95. The molecular weight excluding hydrogens is 308 g/mol. The number of likely N-dealkylation sites (tertiary alicyclic amines) is 1. The molecule has 0 spiro atoms. The molecule has 1 saturated carbocycles. The zero-order chi connectivity index (χ0) is 16.1. The van der Waals surface area contributed by atoms with Gasteiger partial charge in [0.15, 0.2) is 0 Å². The highest BCUT2D eigenvalue weighted by Crippen LogP contribution is 2.43. The van der Waals surface area contributed by atoms with Crippen LogP contribution in [-0.2, 0) is 4.74 Å². The van der Waals surface area contributed by atoms with Gasteiger partial charge in [-0.3, -0.25) is 4.90 Å². The molecule has 1 saturated heterocycles. The summed E-state index contributed by atoms with van der Waals surface area (Å²) >= 11 is 1.93. The van der Waals surface area contributed by atoms with Crippen LogP contribution in [0.2, 0.25) is 0 Å². The summed E-state index contributed by atoms with van der Waals surface area (Å²) in [5.74, 6) is 1.98. The predicted molar refractivity (Wildman–Crippen MR) is 95.2 cm³/mol. The van der Waals surface area contributed by atoms with E-state index in [9.17, 15) is 0 Å². The smallest absolute Gasteiger partial charge is 0.213 e. The van der Waals surface area contributed by atoms with Crippen molar-refractivity contribution in [2.45, 2.75) is 49.9 Å². The fourth-order valence-corrected chi connectivity index (χ4v) is 4.55. The maximum absolute atomic E-state index is 6.13. The van der Waals surface area contributed by atoms with Gasteiger partial charge in [0.25, 0.3) is 0 Å². The molecule has 2 heterocycles. The minimum absolute atomic E-state index is 0.0450. The van der Waals surface area contributed by atoms with Crippen LogP contribution < -0.4 is 4.74 Å². The number of aromatic nitrogens is 1. The number of hydrogen-bond acceptors (Lipinski definition) is 5. The third-order valence-corrected chi connectivity index (χ3v) is 6.07. The van der Waals surface area contributed by atoms with Crippen LogP contribution >= 0.6 is 11.8 Å². The fraction of sp³-hybridized carbons (Fsp3) is 0.722. The SMILES string of the molecule is CO[C@@]12CC[C@@H](Oc3ccccn3)C[C@@H]1N(CCCSC)CC2. The summed E-state index contributed by atoms with van der Waals surface area (Å²) in [6.45, 7) is 2.33. The van der Waals surface area contributed by atoms with Crippen LogP contribution in [0.3, 0.4) is 0 Å². The molecule has 1 aromatic rings. The molecular formula is C18H28N2O2S. The first-order valence-electron chi connectivity index (χ1n) is 8.63. The van der Waals surface area contributed by atoms with Gasteiger partial charge in [0.05, 0.1) is 5.60 Å². The summed E-state index contributed by atoms with van der Waals surface area (Å²) < 4.78 is 12.1. The average molecular weight is 337 g/mol. The Hall–Kier alpha value is -0.780. The normalized spacial score (nSPS) is 31.0. The Morgan fingerprint density at radius 1 is 1.39 bits per heavy atom. The molecule has 2 fully saturated rings. The third-order valence-electron chi connectivity index (χ3n) is 5.37. The summed E-state index contributed by atoms with van der Waals surface area (Å²) in [5, 5.41) is 0. The van der Waals surface area contributed by atoms with E-state index in [2.05, 4.69) is 16.1 Å². The molecule has 0 unspecified atom stereocenters. The van der Waals surface area contributed by atoms with Crippen LogP contribution in [0, 0.1) is 0 Å². The first-order valence-corrected chi connectivity index (χ1v) is 10.0. The van der Waals surface area contributed by atoms with Crippen LogP contribution in [0.1, 0.15) is 32.1 Å². The number of rotatable bonds is 7. The summed E-state index contributed by atoms with van der Waals surface area (Å²) in [7, 11) is 1.89. The molecule has 3 atom stereocenters.